The standard InChI is InChI=1S/C22H26N4O3S/c1-3-18-13-19-21(23-15-24-22(19)30-18)26-11-9-25(10-12-26)20(27)14-29-17-7-5-16(6-8-17)28-4-2/h5-8,13,15H,3-4,9-12,14H2,1-2H3. The topological polar surface area (TPSA) is 67.8 Å². The molecule has 1 fully saturated rings. The van der Waals surface area contributed by atoms with Gasteiger partial charge in [0.2, 0.25) is 0 Å². The number of hydrogen-bond donors (Lipinski definition) is 0. The first-order valence-corrected chi connectivity index (χ1v) is 11.1. The van der Waals surface area contributed by atoms with Gasteiger partial charge in [-0.15, -0.1) is 11.3 Å². The van der Waals surface area contributed by atoms with Crippen LogP contribution in [0.25, 0.3) is 10.2 Å². The van der Waals surface area contributed by atoms with Crippen molar-refractivity contribution in [1.29, 1.82) is 0 Å². The van der Waals surface area contributed by atoms with E-state index in [-0.39, 0.29) is 12.5 Å². The molecule has 0 bridgehead atoms. The second-order valence-corrected chi connectivity index (χ2v) is 8.16. The van der Waals surface area contributed by atoms with Gasteiger partial charge in [0.1, 0.15) is 28.5 Å². The third-order valence-electron chi connectivity index (χ3n) is 5.14. The Kier molecular flexibility index (Phi) is 6.32. The monoisotopic (exact) mass is 426 g/mol. The number of ether oxygens (including phenoxy) is 2. The molecule has 3 heterocycles. The first kappa shape index (κ1) is 20.4. The van der Waals surface area contributed by atoms with E-state index in [4.69, 9.17) is 9.47 Å². The Bertz CT molecular complexity index is 997. The Balaban J connectivity index is 1.32. The highest BCUT2D eigenvalue weighted by atomic mass is 32.1. The average Bonchev–Trinajstić information content (AvgIpc) is 3.22. The molecule has 0 aliphatic carbocycles. The van der Waals surface area contributed by atoms with Gasteiger partial charge in [0.05, 0.1) is 12.0 Å². The van der Waals surface area contributed by atoms with E-state index >= 15 is 0 Å². The van der Waals surface area contributed by atoms with Crippen LogP contribution in [0.15, 0.2) is 36.7 Å². The summed E-state index contributed by atoms with van der Waals surface area (Å²) in [5.41, 5.74) is 0. The lowest BCUT2D eigenvalue weighted by atomic mass is 10.2. The Morgan fingerprint density at radius 1 is 1.03 bits per heavy atom. The first-order valence-electron chi connectivity index (χ1n) is 10.3. The Labute approximate surface area is 180 Å². The smallest absolute Gasteiger partial charge is 0.260 e. The van der Waals surface area contributed by atoms with Crippen LogP contribution < -0.4 is 14.4 Å². The molecule has 8 heteroatoms. The normalized spacial score (nSPS) is 14.2. The molecule has 1 amide bonds. The van der Waals surface area contributed by atoms with Crippen molar-refractivity contribution in [2.24, 2.45) is 0 Å². The molecule has 30 heavy (non-hydrogen) atoms. The van der Waals surface area contributed by atoms with Crippen molar-refractivity contribution in [2.75, 3.05) is 44.3 Å². The highest BCUT2D eigenvalue weighted by molar-refractivity contribution is 7.18. The van der Waals surface area contributed by atoms with Gasteiger partial charge in [-0.2, -0.15) is 0 Å². The van der Waals surface area contributed by atoms with E-state index in [0.29, 0.717) is 25.4 Å². The second-order valence-electron chi connectivity index (χ2n) is 7.04. The molecule has 0 saturated carbocycles. The zero-order chi connectivity index (χ0) is 20.9. The fraction of sp³-hybridized carbons (Fsp3) is 0.409. The summed E-state index contributed by atoms with van der Waals surface area (Å²) in [5.74, 6) is 2.43. The maximum absolute atomic E-state index is 12.6. The van der Waals surface area contributed by atoms with E-state index in [1.54, 1.807) is 17.7 Å². The highest BCUT2D eigenvalue weighted by Gasteiger charge is 2.24. The minimum Gasteiger partial charge on any atom is -0.494 e. The summed E-state index contributed by atoms with van der Waals surface area (Å²) >= 11 is 1.72. The van der Waals surface area contributed by atoms with Gasteiger partial charge in [0.25, 0.3) is 5.91 Å². The van der Waals surface area contributed by atoms with Crippen LogP contribution in [0.3, 0.4) is 0 Å². The van der Waals surface area contributed by atoms with Crippen molar-refractivity contribution in [3.8, 4) is 11.5 Å². The number of nitrogens with zero attached hydrogens (tertiary/aromatic N) is 4. The number of carbonyl (C=O) groups is 1. The summed E-state index contributed by atoms with van der Waals surface area (Å²) in [6.45, 7) is 7.56. The Morgan fingerprint density at radius 3 is 2.40 bits per heavy atom. The summed E-state index contributed by atoms with van der Waals surface area (Å²) in [5, 5.41) is 1.11. The number of amides is 1. The van der Waals surface area contributed by atoms with Gasteiger partial charge in [0.15, 0.2) is 6.61 Å². The fourth-order valence-electron chi connectivity index (χ4n) is 3.52. The molecule has 1 aromatic carbocycles. The summed E-state index contributed by atoms with van der Waals surface area (Å²) in [7, 11) is 0. The van der Waals surface area contributed by atoms with Crippen LogP contribution in [0.2, 0.25) is 0 Å². The maximum atomic E-state index is 12.6. The van der Waals surface area contributed by atoms with E-state index in [0.717, 1.165) is 41.3 Å². The number of hydrogen-bond acceptors (Lipinski definition) is 7. The molecule has 4 rings (SSSR count). The molecule has 3 aromatic rings. The predicted octanol–water partition coefficient (Wildman–Crippen LogP) is 3.38. The van der Waals surface area contributed by atoms with Gasteiger partial charge in [-0.25, -0.2) is 9.97 Å². The van der Waals surface area contributed by atoms with Crippen molar-refractivity contribution >= 4 is 33.3 Å². The molecule has 0 atom stereocenters. The first-order chi connectivity index (χ1) is 14.7. The average molecular weight is 427 g/mol. The van der Waals surface area contributed by atoms with E-state index < -0.39 is 0 Å². The quantitative estimate of drug-likeness (QED) is 0.577. The number of piperazine rings is 1. The number of benzene rings is 1. The second kappa shape index (κ2) is 9.30. The van der Waals surface area contributed by atoms with Gasteiger partial charge in [-0.05, 0) is 43.7 Å². The highest BCUT2D eigenvalue weighted by Crippen LogP contribution is 2.31. The van der Waals surface area contributed by atoms with Crippen molar-refractivity contribution in [3.05, 3.63) is 41.5 Å². The molecule has 0 radical (unpaired) electrons. The number of aryl methyl sites for hydroxylation is 1. The molecular formula is C22H26N4O3S. The number of aromatic nitrogens is 2. The van der Waals surface area contributed by atoms with E-state index in [1.165, 1.54) is 4.88 Å². The van der Waals surface area contributed by atoms with Crippen molar-refractivity contribution < 1.29 is 14.3 Å². The summed E-state index contributed by atoms with van der Waals surface area (Å²) < 4.78 is 11.1. The lowest BCUT2D eigenvalue weighted by Crippen LogP contribution is -2.50. The summed E-state index contributed by atoms with van der Waals surface area (Å²) in [6, 6.07) is 9.53. The summed E-state index contributed by atoms with van der Waals surface area (Å²) in [4.78, 5) is 27.9. The zero-order valence-electron chi connectivity index (χ0n) is 17.3. The van der Waals surface area contributed by atoms with Crippen molar-refractivity contribution in [2.45, 2.75) is 20.3 Å². The zero-order valence-corrected chi connectivity index (χ0v) is 18.2. The van der Waals surface area contributed by atoms with Crippen LogP contribution >= 0.6 is 11.3 Å². The molecule has 0 N–H and O–H groups in total. The van der Waals surface area contributed by atoms with Crippen molar-refractivity contribution in [3.63, 3.8) is 0 Å². The third-order valence-corrected chi connectivity index (χ3v) is 6.32. The maximum Gasteiger partial charge on any atom is 0.260 e. The van der Waals surface area contributed by atoms with Crippen molar-refractivity contribution in [1.82, 2.24) is 14.9 Å². The minimum absolute atomic E-state index is 0.000159. The molecular weight excluding hydrogens is 400 g/mol. The largest absolute Gasteiger partial charge is 0.494 e. The number of fused-ring (bicyclic) bond motifs is 1. The van der Waals surface area contributed by atoms with Crippen LogP contribution in [-0.2, 0) is 11.2 Å². The number of rotatable bonds is 7. The number of carbonyl (C=O) groups excluding carboxylic acids is 1. The van der Waals surface area contributed by atoms with E-state index in [9.17, 15) is 4.79 Å². The van der Waals surface area contributed by atoms with Gasteiger partial charge >= 0.3 is 0 Å². The fourth-order valence-corrected chi connectivity index (χ4v) is 4.45. The van der Waals surface area contributed by atoms with Gasteiger partial charge in [-0.3, -0.25) is 4.79 Å². The third kappa shape index (κ3) is 4.48. The van der Waals surface area contributed by atoms with Gasteiger partial charge < -0.3 is 19.3 Å². The van der Waals surface area contributed by atoms with Gasteiger partial charge in [0, 0.05) is 31.1 Å². The van der Waals surface area contributed by atoms with Crippen LogP contribution in [0.4, 0.5) is 5.82 Å². The van der Waals surface area contributed by atoms with E-state index in [2.05, 4.69) is 27.9 Å². The molecule has 1 saturated heterocycles. The molecule has 0 spiro atoms. The van der Waals surface area contributed by atoms with Crippen LogP contribution in [-0.4, -0.2) is 60.2 Å². The Morgan fingerprint density at radius 2 is 1.73 bits per heavy atom. The summed E-state index contributed by atoms with van der Waals surface area (Å²) in [6.07, 6.45) is 2.63. The molecule has 2 aromatic heterocycles. The van der Waals surface area contributed by atoms with Crippen LogP contribution in [0.5, 0.6) is 11.5 Å². The number of thiophene rings is 1. The lowest BCUT2D eigenvalue weighted by molar-refractivity contribution is -0.133. The van der Waals surface area contributed by atoms with Crippen LogP contribution in [0, 0.1) is 0 Å². The molecule has 1 aliphatic rings. The molecule has 158 valence electrons. The van der Waals surface area contributed by atoms with E-state index in [1.807, 2.05) is 36.1 Å². The minimum atomic E-state index is 0.000159. The van der Waals surface area contributed by atoms with Crippen LogP contribution in [0.1, 0.15) is 18.7 Å². The SMILES string of the molecule is CCOc1ccc(OCC(=O)N2CCN(c3ncnc4sc(CC)cc34)CC2)cc1. The predicted molar refractivity (Wildman–Crippen MR) is 119 cm³/mol. The molecule has 0 unspecified atom stereocenters. The molecule has 1 aliphatic heterocycles. The lowest BCUT2D eigenvalue weighted by Gasteiger charge is -2.35. The van der Waals surface area contributed by atoms with Gasteiger partial charge in [-0.1, -0.05) is 6.92 Å². The Hall–Kier alpha value is -2.87. The number of anilines is 1. The molecule has 7 nitrogen and oxygen atoms in total.